The number of hydrogen-bond acceptors (Lipinski definition) is 5. The summed E-state index contributed by atoms with van der Waals surface area (Å²) in [7, 11) is 0. The number of pyridine rings is 1. The third kappa shape index (κ3) is 2.59. The molecule has 2 aromatic rings. The van der Waals surface area contributed by atoms with Crippen LogP contribution in [0.1, 0.15) is 26.3 Å². The van der Waals surface area contributed by atoms with Gasteiger partial charge in [-0.1, -0.05) is 20.3 Å². The lowest BCUT2D eigenvalue weighted by atomic mass is 9.99. The summed E-state index contributed by atoms with van der Waals surface area (Å²) < 4.78 is 1.35. The SMILES string of the molecule is CCC(C)C(C(=O)O)n1nnnc1-c1cccnc1. The maximum Gasteiger partial charge on any atom is 0.328 e. The van der Waals surface area contributed by atoms with E-state index in [1.54, 1.807) is 24.5 Å². The molecule has 0 saturated heterocycles. The molecule has 0 radical (unpaired) electrons. The number of carboxylic acids is 1. The molecule has 2 heterocycles. The van der Waals surface area contributed by atoms with Crippen LogP contribution in [0.25, 0.3) is 11.4 Å². The Bertz CT molecular complexity index is 554. The summed E-state index contributed by atoms with van der Waals surface area (Å²) in [5, 5.41) is 20.7. The lowest BCUT2D eigenvalue weighted by molar-refractivity contribution is -0.142. The van der Waals surface area contributed by atoms with Crippen molar-refractivity contribution in [3.8, 4) is 11.4 Å². The average Bonchev–Trinajstić information content (AvgIpc) is 2.88. The second-order valence-corrected chi connectivity index (χ2v) is 4.36. The van der Waals surface area contributed by atoms with Crippen molar-refractivity contribution in [2.45, 2.75) is 26.3 Å². The van der Waals surface area contributed by atoms with Gasteiger partial charge in [-0.2, -0.15) is 0 Å². The number of aliphatic carboxylic acids is 1. The van der Waals surface area contributed by atoms with Crippen LogP contribution in [0.3, 0.4) is 0 Å². The van der Waals surface area contributed by atoms with Gasteiger partial charge in [-0.05, 0) is 28.5 Å². The minimum Gasteiger partial charge on any atom is -0.480 e. The van der Waals surface area contributed by atoms with Crippen molar-refractivity contribution in [1.29, 1.82) is 0 Å². The van der Waals surface area contributed by atoms with Gasteiger partial charge < -0.3 is 5.11 Å². The fourth-order valence-corrected chi connectivity index (χ4v) is 1.88. The van der Waals surface area contributed by atoms with E-state index < -0.39 is 12.0 Å². The van der Waals surface area contributed by atoms with Crippen LogP contribution < -0.4 is 0 Å². The smallest absolute Gasteiger partial charge is 0.328 e. The first-order valence-electron chi connectivity index (χ1n) is 6.06. The average molecular weight is 261 g/mol. The monoisotopic (exact) mass is 261 g/mol. The van der Waals surface area contributed by atoms with Gasteiger partial charge in [0.25, 0.3) is 0 Å². The number of carbonyl (C=O) groups is 1. The van der Waals surface area contributed by atoms with Gasteiger partial charge in [-0.3, -0.25) is 4.98 Å². The molecular formula is C12H15N5O2. The maximum atomic E-state index is 11.4. The van der Waals surface area contributed by atoms with E-state index >= 15 is 0 Å². The largest absolute Gasteiger partial charge is 0.480 e. The quantitative estimate of drug-likeness (QED) is 0.874. The fourth-order valence-electron chi connectivity index (χ4n) is 1.88. The maximum absolute atomic E-state index is 11.4. The number of tetrazole rings is 1. The molecular weight excluding hydrogens is 246 g/mol. The van der Waals surface area contributed by atoms with E-state index in [2.05, 4.69) is 20.5 Å². The van der Waals surface area contributed by atoms with Gasteiger partial charge in [-0.15, -0.1) is 5.10 Å². The summed E-state index contributed by atoms with van der Waals surface area (Å²) in [5.74, 6) is -0.594. The third-order valence-electron chi connectivity index (χ3n) is 3.11. The second kappa shape index (κ2) is 5.55. The Morgan fingerprint density at radius 3 is 2.89 bits per heavy atom. The Kier molecular flexibility index (Phi) is 3.84. The van der Waals surface area contributed by atoms with Crippen LogP contribution >= 0.6 is 0 Å². The first-order valence-corrected chi connectivity index (χ1v) is 6.06. The van der Waals surface area contributed by atoms with Gasteiger partial charge in [-0.25, -0.2) is 9.48 Å². The van der Waals surface area contributed by atoms with Crippen LogP contribution in [-0.2, 0) is 4.79 Å². The topological polar surface area (TPSA) is 93.8 Å². The summed E-state index contributed by atoms with van der Waals surface area (Å²) in [4.78, 5) is 15.4. The van der Waals surface area contributed by atoms with E-state index in [1.807, 2.05) is 13.8 Å². The zero-order valence-corrected chi connectivity index (χ0v) is 10.8. The minimum atomic E-state index is -0.938. The van der Waals surface area contributed by atoms with Crippen molar-refractivity contribution < 1.29 is 9.90 Å². The van der Waals surface area contributed by atoms with Gasteiger partial charge in [0.2, 0.25) is 0 Å². The van der Waals surface area contributed by atoms with Crippen molar-refractivity contribution in [1.82, 2.24) is 25.2 Å². The molecule has 0 aromatic carbocycles. The second-order valence-electron chi connectivity index (χ2n) is 4.36. The molecule has 2 atom stereocenters. The molecule has 0 bridgehead atoms. The van der Waals surface area contributed by atoms with Gasteiger partial charge in [0.15, 0.2) is 11.9 Å². The highest BCUT2D eigenvalue weighted by atomic mass is 16.4. The van der Waals surface area contributed by atoms with Crippen molar-refractivity contribution in [3.63, 3.8) is 0 Å². The van der Waals surface area contributed by atoms with E-state index in [1.165, 1.54) is 4.68 Å². The molecule has 7 nitrogen and oxygen atoms in total. The number of carboxylic acid groups (broad SMARTS) is 1. The summed E-state index contributed by atoms with van der Waals surface area (Å²) >= 11 is 0. The van der Waals surface area contributed by atoms with Crippen molar-refractivity contribution >= 4 is 5.97 Å². The van der Waals surface area contributed by atoms with E-state index in [4.69, 9.17) is 0 Å². The van der Waals surface area contributed by atoms with Gasteiger partial charge >= 0.3 is 5.97 Å². The van der Waals surface area contributed by atoms with Crippen LogP contribution in [0, 0.1) is 5.92 Å². The lowest BCUT2D eigenvalue weighted by Gasteiger charge is -2.19. The third-order valence-corrected chi connectivity index (χ3v) is 3.11. The Morgan fingerprint density at radius 2 is 2.32 bits per heavy atom. The van der Waals surface area contributed by atoms with Crippen molar-refractivity contribution in [2.24, 2.45) is 5.92 Å². The van der Waals surface area contributed by atoms with Gasteiger partial charge in [0, 0.05) is 18.0 Å². The van der Waals surface area contributed by atoms with Crippen molar-refractivity contribution in [3.05, 3.63) is 24.5 Å². The van der Waals surface area contributed by atoms with Crippen LogP contribution in [0.5, 0.6) is 0 Å². The van der Waals surface area contributed by atoms with Gasteiger partial charge in [0.05, 0.1) is 0 Å². The molecule has 2 rings (SSSR count). The molecule has 100 valence electrons. The Morgan fingerprint density at radius 1 is 1.53 bits per heavy atom. The molecule has 0 saturated carbocycles. The molecule has 2 aromatic heterocycles. The summed E-state index contributed by atoms with van der Waals surface area (Å²) in [5.41, 5.74) is 0.696. The normalized spacial score (nSPS) is 14.0. The molecule has 0 aliphatic heterocycles. The summed E-state index contributed by atoms with van der Waals surface area (Å²) in [6.07, 6.45) is 3.97. The van der Waals surface area contributed by atoms with Crippen LogP contribution in [0.4, 0.5) is 0 Å². The van der Waals surface area contributed by atoms with Crippen LogP contribution in [0.15, 0.2) is 24.5 Å². The predicted molar refractivity (Wildman–Crippen MR) is 67.2 cm³/mol. The van der Waals surface area contributed by atoms with E-state index in [-0.39, 0.29) is 5.92 Å². The summed E-state index contributed by atoms with van der Waals surface area (Å²) in [6.45, 7) is 3.81. The van der Waals surface area contributed by atoms with E-state index in [0.29, 0.717) is 11.4 Å². The molecule has 0 aliphatic carbocycles. The molecule has 19 heavy (non-hydrogen) atoms. The number of aromatic nitrogens is 5. The molecule has 2 unspecified atom stereocenters. The van der Waals surface area contributed by atoms with Crippen LogP contribution in [0.2, 0.25) is 0 Å². The number of hydrogen-bond donors (Lipinski definition) is 1. The molecule has 1 N–H and O–H groups in total. The Hall–Kier alpha value is -2.31. The molecule has 7 heteroatoms. The molecule has 0 fully saturated rings. The first-order chi connectivity index (χ1) is 9.15. The minimum absolute atomic E-state index is 0.0728. The number of nitrogens with zero attached hydrogens (tertiary/aromatic N) is 5. The highest BCUT2D eigenvalue weighted by Gasteiger charge is 2.29. The molecule has 0 amide bonds. The van der Waals surface area contributed by atoms with Crippen LogP contribution in [-0.4, -0.2) is 36.3 Å². The predicted octanol–water partition coefficient (Wildman–Crippen LogP) is 1.41. The highest BCUT2D eigenvalue weighted by molar-refractivity contribution is 5.73. The first kappa shape index (κ1) is 13.1. The standard InChI is InChI=1S/C12H15N5O2/c1-3-8(2)10(12(18)19)17-11(14-15-16-17)9-5-4-6-13-7-9/h4-8,10H,3H2,1-2H3,(H,18,19). The lowest BCUT2D eigenvalue weighted by Crippen LogP contribution is -2.27. The van der Waals surface area contributed by atoms with Gasteiger partial charge in [0.1, 0.15) is 0 Å². The summed E-state index contributed by atoms with van der Waals surface area (Å²) in [6, 6.07) is 2.77. The highest BCUT2D eigenvalue weighted by Crippen LogP contribution is 2.25. The molecule has 0 spiro atoms. The van der Waals surface area contributed by atoms with E-state index in [0.717, 1.165) is 6.42 Å². The Balaban J connectivity index is 2.46. The van der Waals surface area contributed by atoms with E-state index in [9.17, 15) is 9.90 Å². The zero-order chi connectivity index (χ0) is 13.8. The number of rotatable bonds is 5. The Labute approximate surface area is 110 Å². The zero-order valence-electron chi connectivity index (χ0n) is 10.8. The van der Waals surface area contributed by atoms with Crippen molar-refractivity contribution in [2.75, 3.05) is 0 Å². The fraction of sp³-hybridized carbons (Fsp3) is 0.417. The molecule has 0 aliphatic rings.